The summed E-state index contributed by atoms with van der Waals surface area (Å²) in [6.45, 7) is 1.82. The molecule has 1 saturated heterocycles. The molecule has 2 heterocycles. The fraction of sp³-hybridized carbons (Fsp3) is 0.600. The van der Waals surface area contributed by atoms with E-state index >= 15 is 0 Å². The van der Waals surface area contributed by atoms with Crippen LogP contribution >= 0.6 is 0 Å². The summed E-state index contributed by atoms with van der Waals surface area (Å²) in [5.41, 5.74) is 5.70. The summed E-state index contributed by atoms with van der Waals surface area (Å²) in [5.74, 6) is -1.22. The van der Waals surface area contributed by atoms with Crippen molar-refractivity contribution in [2.45, 2.75) is 19.4 Å². The molecule has 18 heavy (non-hydrogen) atoms. The molecule has 0 bridgehead atoms. The molecule has 0 spiro atoms. The third-order valence-corrected chi connectivity index (χ3v) is 2.92. The number of carbonyl (C=O) groups excluding carboxylic acids is 1. The van der Waals surface area contributed by atoms with Gasteiger partial charge in [-0.1, -0.05) is 5.21 Å². The van der Waals surface area contributed by atoms with Crippen molar-refractivity contribution >= 4 is 11.9 Å². The Bertz CT molecular complexity index is 466. The fourth-order valence-corrected chi connectivity index (χ4v) is 1.80. The highest BCUT2D eigenvalue weighted by Crippen LogP contribution is 2.10. The lowest BCUT2D eigenvalue weighted by Crippen LogP contribution is -2.44. The van der Waals surface area contributed by atoms with Gasteiger partial charge in [-0.3, -0.25) is 4.79 Å². The highest BCUT2D eigenvalue weighted by atomic mass is 16.4. The van der Waals surface area contributed by atoms with Gasteiger partial charge in [-0.25, -0.2) is 9.48 Å². The number of likely N-dealkylation sites (tertiary alicyclic amines) is 1. The average molecular weight is 253 g/mol. The minimum absolute atomic E-state index is 0.0234. The maximum atomic E-state index is 11.8. The van der Waals surface area contributed by atoms with Crippen LogP contribution in [0.4, 0.5) is 0 Å². The minimum atomic E-state index is -1.15. The molecule has 8 nitrogen and oxygen atoms in total. The van der Waals surface area contributed by atoms with Crippen molar-refractivity contribution in [3.05, 3.63) is 11.4 Å². The highest BCUT2D eigenvalue weighted by molar-refractivity contribution is 5.86. The van der Waals surface area contributed by atoms with Crippen LogP contribution in [0.5, 0.6) is 0 Å². The van der Waals surface area contributed by atoms with Gasteiger partial charge in [-0.2, -0.15) is 0 Å². The van der Waals surface area contributed by atoms with Crippen LogP contribution in [0.2, 0.25) is 0 Å². The maximum Gasteiger partial charge on any atom is 0.358 e. The molecule has 8 heteroatoms. The summed E-state index contributed by atoms with van der Waals surface area (Å²) in [7, 11) is 0. The van der Waals surface area contributed by atoms with Crippen molar-refractivity contribution in [1.82, 2.24) is 19.9 Å². The predicted octanol–water partition coefficient (Wildman–Crippen LogP) is -1.29. The number of carbonyl (C=O) groups is 2. The lowest BCUT2D eigenvalue weighted by atomic mass is 10.2. The van der Waals surface area contributed by atoms with Gasteiger partial charge in [0.2, 0.25) is 5.91 Å². The highest BCUT2D eigenvalue weighted by Gasteiger charge is 2.24. The molecule has 0 atom stereocenters. The van der Waals surface area contributed by atoms with E-state index in [-0.39, 0.29) is 24.7 Å². The first kappa shape index (κ1) is 12.5. The van der Waals surface area contributed by atoms with E-state index in [1.807, 2.05) is 0 Å². The van der Waals surface area contributed by atoms with Crippen molar-refractivity contribution in [2.24, 2.45) is 5.73 Å². The quantitative estimate of drug-likeness (QED) is 0.674. The Morgan fingerprint density at radius 1 is 1.39 bits per heavy atom. The third kappa shape index (κ3) is 2.33. The Hall–Kier alpha value is -1.96. The zero-order chi connectivity index (χ0) is 13.1. The summed E-state index contributed by atoms with van der Waals surface area (Å²) in [4.78, 5) is 24.4. The van der Waals surface area contributed by atoms with Crippen molar-refractivity contribution < 1.29 is 14.7 Å². The van der Waals surface area contributed by atoms with Gasteiger partial charge in [-0.05, 0) is 13.0 Å². The SMILES string of the molecule is NCCc1c(C(=O)O)nnn1CC(=O)N1CCC1. The Morgan fingerprint density at radius 2 is 2.11 bits per heavy atom. The fourth-order valence-electron chi connectivity index (χ4n) is 1.80. The second-order valence-corrected chi connectivity index (χ2v) is 4.12. The van der Waals surface area contributed by atoms with Crippen LogP contribution in [0, 0.1) is 0 Å². The standard InChI is InChI=1S/C10H15N5O3/c11-3-2-7-9(10(17)18)12-13-15(7)6-8(16)14-4-1-5-14/h1-6,11H2,(H,17,18). The second-order valence-electron chi connectivity index (χ2n) is 4.12. The molecule has 1 amide bonds. The molecule has 0 aliphatic carbocycles. The van der Waals surface area contributed by atoms with Gasteiger partial charge in [0.15, 0.2) is 5.69 Å². The number of nitrogens with two attached hydrogens (primary N) is 1. The van der Waals surface area contributed by atoms with E-state index in [0.717, 1.165) is 19.5 Å². The van der Waals surface area contributed by atoms with E-state index in [4.69, 9.17) is 10.8 Å². The monoisotopic (exact) mass is 253 g/mol. The van der Waals surface area contributed by atoms with Gasteiger partial charge in [0.25, 0.3) is 0 Å². The van der Waals surface area contributed by atoms with Crippen molar-refractivity contribution in [1.29, 1.82) is 0 Å². The number of carboxylic acid groups (broad SMARTS) is 1. The van der Waals surface area contributed by atoms with Gasteiger partial charge >= 0.3 is 5.97 Å². The molecule has 1 aliphatic heterocycles. The lowest BCUT2D eigenvalue weighted by molar-refractivity contribution is -0.135. The van der Waals surface area contributed by atoms with Crippen molar-refractivity contribution in [2.75, 3.05) is 19.6 Å². The van der Waals surface area contributed by atoms with E-state index in [0.29, 0.717) is 12.1 Å². The molecule has 3 N–H and O–H groups in total. The normalized spacial score (nSPS) is 14.4. The van der Waals surface area contributed by atoms with Crippen LogP contribution in [-0.4, -0.2) is 56.5 Å². The summed E-state index contributed by atoms with van der Waals surface area (Å²) >= 11 is 0. The largest absolute Gasteiger partial charge is 0.476 e. The van der Waals surface area contributed by atoms with Crippen LogP contribution < -0.4 is 5.73 Å². The first-order chi connectivity index (χ1) is 8.63. The smallest absolute Gasteiger partial charge is 0.358 e. The van der Waals surface area contributed by atoms with Crippen LogP contribution in [0.15, 0.2) is 0 Å². The first-order valence-corrected chi connectivity index (χ1v) is 5.77. The van der Waals surface area contributed by atoms with E-state index in [9.17, 15) is 9.59 Å². The molecule has 1 aromatic rings. The van der Waals surface area contributed by atoms with Crippen LogP contribution in [-0.2, 0) is 17.8 Å². The zero-order valence-corrected chi connectivity index (χ0v) is 9.87. The number of rotatable bonds is 5. The molecule has 0 radical (unpaired) electrons. The zero-order valence-electron chi connectivity index (χ0n) is 9.87. The van der Waals surface area contributed by atoms with E-state index in [1.54, 1.807) is 4.90 Å². The lowest BCUT2D eigenvalue weighted by Gasteiger charge is -2.30. The average Bonchev–Trinajstić information content (AvgIpc) is 2.59. The molecule has 98 valence electrons. The van der Waals surface area contributed by atoms with Crippen molar-refractivity contribution in [3.63, 3.8) is 0 Å². The summed E-state index contributed by atoms with van der Waals surface area (Å²) in [6.07, 6.45) is 1.35. The number of aromatic nitrogens is 3. The van der Waals surface area contributed by atoms with E-state index in [2.05, 4.69) is 10.3 Å². The number of aromatic carboxylic acids is 1. The Morgan fingerprint density at radius 3 is 2.61 bits per heavy atom. The minimum Gasteiger partial charge on any atom is -0.476 e. The molecule has 1 fully saturated rings. The summed E-state index contributed by atoms with van der Waals surface area (Å²) in [6, 6.07) is 0. The summed E-state index contributed by atoms with van der Waals surface area (Å²) in [5, 5.41) is 16.3. The van der Waals surface area contributed by atoms with Gasteiger partial charge in [0, 0.05) is 19.5 Å². The van der Waals surface area contributed by atoms with Crippen LogP contribution in [0.25, 0.3) is 0 Å². The topological polar surface area (TPSA) is 114 Å². The first-order valence-electron chi connectivity index (χ1n) is 5.77. The number of nitrogens with zero attached hydrogens (tertiary/aromatic N) is 4. The number of hydrogen-bond donors (Lipinski definition) is 2. The third-order valence-electron chi connectivity index (χ3n) is 2.92. The summed E-state index contributed by atoms with van der Waals surface area (Å²) < 4.78 is 1.33. The molecule has 2 rings (SSSR count). The van der Waals surface area contributed by atoms with Crippen LogP contribution in [0.3, 0.4) is 0 Å². The molecular formula is C10H15N5O3. The van der Waals surface area contributed by atoms with Crippen molar-refractivity contribution in [3.8, 4) is 0 Å². The van der Waals surface area contributed by atoms with Crippen LogP contribution in [0.1, 0.15) is 22.6 Å². The molecule has 1 aliphatic rings. The Labute approximate surface area is 103 Å². The molecule has 0 saturated carbocycles. The molecule has 1 aromatic heterocycles. The molecule has 0 aromatic carbocycles. The Balaban J connectivity index is 2.15. The predicted molar refractivity (Wildman–Crippen MR) is 60.9 cm³/mol. The second kappa shape index (κ2) is 5.13. The van der Waals surface area contributed by atoms with Gasteiger partial charge in [-0.15, -0.1) is 5.10 Å². The van der Waals surface area contributed by atoms with Gasteiger partial charge in [0.1, 0.15) is 6.54 Å². The number of hydrogen-bond acceptors (Lipinski definition) is 5. The van der Waals surface area contributed by atoms with E-state index in [1.165, 1.54) is 4.68 Å². The maximum absolute atomic E-state index is 11.8. The Kier molecular flexibility index (Phi) is 3.56. The van der Waals surface area contributed by atoms with E-state index < -0.39 is 5.97 Å². The molecule has 0 unspecified atom stereocenters. The number of amides is 1. The molecular weight excluding hydrogens is 238 g/mol. The van der Waals surface area contributed by atoms with Gasteiger partial charge in [0.05, 0.1) is 5.69 Å². The van der Waals surface area contributed by atoms with Gasteiger partial charge < -0.3 is 15.7 Å². The number of carboxylic acids is 1.